The van der Waals surface area contributed by atoms with Gasteiger partial charge in [0.2, 0.25) is 0 Å². The smallest absolute Gasteiger partial charge is 0.407 e. The van der Waals surface area contributed by atoms with Crippen LogP contribution in [-0.4, -0.2) is 56.4 Å². The molecule has 2 atom stereocenters. The van der Waals surface area contributed by atoms with Crippen molar-refractivity contribution in [2.45, 2.75) is 59.6 Å². The van der Waals surface area contributed by atoms with Gasteiger partial charge in [0.25, 0.3) is 0 Å². The molecular weight excluding hydrogens is 278 g/mol. The number of hydrogen-bond acceptors (Lipinski definition) is 4. The third kappa shape index (κ3) is 11.8. The Labute approximate surface area is 137 Å². The SMILES string of the molecule is CC(CCN(C)C)NCC(CNC(=O)OC(C)(C)C)C(C)C. The molecular formula is C17H37N3O2. The zero-order valence-corrected chi connectivity index (χ0v) is 15.8. The van der Waals surface area contributed by atoms with Crippen LogP contribution >= 0.6 is 0 Å². The summed E-state index contributed by atoms with van der Waals surface area (Å²) in [5, 5.41) is 6.46. The molecule has 0 fully saturated rings. The molecule has 0 saturated carbocycles. The predicted octanol–water partition coefficient (Wildman–Crippen LogP) is 2.71. The van der Waals surface area contributed by atoms with Gasteiger partial charge in [0.1, 0.15) is 5.60 Å². The number of nitrogens with one attached hydrogen (secondary N) is 2. The second-order valence-corrected chi connectivity index (χ2v) is 7.79. The molecule has 0 aliphatic rings. The topological polar surface area (TPSA) is 53.6 Å². The van der Waals surface area contributed by atoms with E-state index in [1.807, 2.05) is 20.8 Å². The van der Waals surface area contributed by atoms with Crippen molar-refractivity contribution in [2.24, 2.45) is 11.8 Å². The molecule has 2 unspecified atom stereocenters. The van der Waals surface area contributed by atoms with E-state index in [9.17, 15) is 4.79 Å². The predicted molar refractivity (Wildman–Crippen MR) is 93.2 cm³/mol. The fourth-order valence-electron chi connectivity index (χ4n) is 1.98. The molecule has 0 saturated heterocycles. The van der Waals surface area contributed by atoms with Gasteiger partial charge in [-0.15, -0.1) is 0 Å². The van der Waals surface area contributed by atoms with E-state index < -0.39 is 5.60 Å². The second kappa shape index (κ2) is 10.1. The zero-order valence-electron chi connectivity index (χ0n) is 15.8. The highest BCUT2D eigenvalue weighted by molar-refractivity contribution is 5.67. The molecule has 1 amide bonds. The minimum absolute atomic E-state index is 0.334. The van der Waals surface area contributed by atoms with Crippen LogP contribution < -0.4 is 10.6 Å². The van der Waals surface area contributed by atoms with Gasteiger partial charge in [-0.25, -0.2) is 4.79 Å². The largest absolute Gasteiger partial charge is 0.444 e. The number of alkyl carbamates (subject to hydrolysis) is 1. The summed E-state index contributed by atoms with van der Waals surface area (Å²) in [6, 6.07) is 0.477. The molecule has 0 heterocycles. The number of carbonyl (C=O) groups excluding carboxylic acids is 1. The zero-order chi connectivity index (χ0) is 17.3. The average molecular weight is 316 g/mol. The molecule has 2 N–H and O–H groups in total. The van der Waals surface area contributed by atoms with Gasteiger partial charge in [-0.1, -0.05) is 13.8 Å². The standard InChI is InChI=1S/C17H37N3O2/c1-13(2)15(11-18-14(3)9-10-20(7)8)12-19-16(21)22-17(4,5)6/h13-15,18H,9-12H2,1-8H3,(H,19,21). The van der Waals surface area contributed by atoms with Gasteiger partial charge < -0.3 is 20.3 Å². The van der Waals surface area contributed by atoms with Crippen molar-refractivity contribution in [1.29, 1.82) is 0 Å². The molecule has 0 aliphatic carbocycles. The first kappa shape index (κ1) is 21.2. The van der Waals surface area contributed by atoms with E-state index in [0.29, 0.717) is 24.4 Å². The Kier molecular flexibility index (Phi) is 9.69. The van der Waals surface area contributed by atoms with Crippen molar-refractivity contribution < 1.29 is 9.53 Å². The first-order valence-electron chi connectivity index (χ1n) is 8.36. The first-order chi connectivity index (χ1) is 10.0. The van der Waals surface area contributed by atoms with Crippen molar-refractivity contribution in [3.05, 3.63) is 0 Å². The van der Waals surface area contributed by atoms with Crippen LogP contribution in [0.2, 0.25) is 0 Å². The average Bonchev–Trinajstić information content (AvgIpc) is 2.33. The van der Waals surface area contributed by atoms with E-state index in [0.717, 1.165) is 19.5 Å². The fraction of sp³-hybridized carbons (Fsp3) is 0.941. The third-order valence-electron chi connectivity index (χ3n) is 3.59. The number of ether oxygens (including phenoxy) is 1. The van der Waals surface area contributed by atoms with Crippen LogP contribution in [0.15, 0.2) is 0 Å². The molecule has 0 aromatic carbocycles. The van der Waals surface area contributed by atoms with Gasteiger partial charge in [-0.2, -0.15) is 0 Å². The lowest BCUT2D eigenvalue weighted by Crippen LogP contribution is -2.41. The third-order valence-corrected chi connectivity index (χ3v) is 3.59. The normalized spacial score (nSPS) is 15.0. The van der Waals surface area contributed by atoms with E-state index in [2.05, 4.69) is 50.4 Å². The van der Waals surface area contributed by atoms with E-state index in [1.54, 1.807) is 0 Å². The van der Waals surface area contributed by atoms with Crippen LogP contribution in [0, 0.1) is 11.8 Å². The van der Waals surface area contributed by atoms with Gasteiger partial charge >= 0.3 is 6.09 Å². The van der Waals surface area contributed by atoms with Gasteiger partial charge in [-0.3, -0.25) is 0 Å². The molecule has 0 radical (unpaired) electrons. The lowest BCUT2D eigenvalue weighted by molar-refractivity contribution is 0.0514. The van der Waals surface area contributed by atoms with Crippen molar-refractivity contribution >= 4 is 6.09 Å². The Bertz CT molecular complexity index is 312. The Morgan fingerprint density at radius 3 is 2.18 bits per heavy atom. The highest BCUT2D eigenvalue weighted by Crippen LogP contribution is 2.11. The molecule has 0 aliphatic heterocycles. The number of hydrogen-bond donors (Lipinski definition) is 2. The lowest BCUT2D eigenvalue weighted by atomic mass is 9.95. The van der Waals surface area contributed by atoms with Crippen molar-refractivity contribution in [3.8, 4) is 0 Å². The van der Waals surface area contributed by atoms with Crippen molar-refractivity contribution in [3.63, 3.8) is 0 Å². The number of carbonyl (C=O) groups is 1. The van der Waals surface area contributed by atoms with E-state index in [-0.39, 0.29) is 6.09 Å². The molecule has 5 heteroatoms. The van der Waals surface area contributed by atoms with Crippen molar-refractivity contribution in [1.82, 2.24) is 15.5 Å². The van der Waals surface area contributed by atoms with Crippen LogP contribution in [0.3, 0.4) is 0 Å². The van der Waals surface area contributed by atoms with Gasteiger partial charge in [0.05, 0.1) is 0 Å². The van der Waals surface area contributed by atoms with Crippen LogP contribution in [-0.2, 0) is 4.74 Å². The molecule has 5 nitrogen and oxygen atoms in total. The molecule has 0 rings (SSSR count). The van der Waals surface area contributed by atoms with Gasteiger partial charge in [-0.05, 0) is 66.6 Å². The summed E-state index contributed by atoms with van der Waals surface area (Å²) in [4.78, 5) is 13.9. The minimum atomic E-state index is -0.448. The summed E-state index contributed by atoms with van der Waals surface area (Å²) in [5.74, 6) is 0.901. The van der Waals surface area contributed by atoms with Crippen LogP contribution in [0.25, 0.3) is 0 Å². The first-order valence-corrected chi connectivity index (χ1v) is 8.36. The van der Waals surface area contributed by atoms with E-state index in [4.69, 9.17) is 4.74 Å². The van der Waals surface area contributed by atoms with Crippen molar-refractivity contribution in [2.75, 3.05) is 33.7 Å². The second-order valence-electron chi connectivity index (χ2n) is 7.79. The van der Waals surface area contributed by atoms with E-state index >= 15 is 0 Å². The molecule has 0 aromatic rings. The highest BCUT2D eigenvalue weighted by atomic mass is 16.6. The Hall–Kier alpha value is -0.810. The summed E-state index contributed by atoms with van der Waals surface area (Å²) in [5.41, 5.74) is -0.448. The number of amides is 1. The maximum absolute atomic E-state index is 11.7. The molecule has 0 bridgehead atoms. The van der Waals surface area contributed by atoms with Gasteiger partial charge in [0.15, 0.2) is 0 Å². The number of rotatable bonds is 9. The summed E-state index contributed by atoms with van der Waals surface area (Å²) in [6.45, 7) is 14.8. The Morgan fingerprint density at radius 1 is 1.14 bits per heavy atom. The summed E-state index contributed by atoms with van der Waals surface area (Å²) in [7, 11) is 4.18. The summed E-state index contributed by atoms with van der Waals surface area (Å²) >= 11 is 0. The Balaban J connectivity index is 4.14. The summed E-state index contributed by atoms with van der Waals surface area (Å²) < 4.78 is 5.28. The fourth-order valence-corrected chi connectivity index (χ4v) is 1.98. The van der Waals surface area contributed by atoms with Crippen LogP contribution in [0.4, 0.5) is 4.79 Å². The lowest BCUT2D eigenvalue weighted by Gasteiger charge is -2.26. The molecule has 22 heavy (non-hydrogen) atoms. The quantitative estimate of drug-likeness (QED) is 0.687. The molecule has 132 valence electrons. The Morgan fingerprint density at radius 2 is 1.73 bits per heavy atom. The molecule has 0 aromatic heterocycles. The molecule has 0 spiro atoms. The monoisotopic (exact) mass is 315 g/mol. The highest BCUT2D eigenvalue weighted by Gasteiger charge is 2.19. The maximum atomic E-state index is 11.7. The minimum Gasteiger partial charge on any atom is -0.444 e. The maximum Gasteiger partial charge on any atom is 0.407 e. The van der Waals surface area contributed by atoms with Crippen LogP contribution in [0.1, 0.15) is 48.0 Å². The van der Waals surface area contributed by atoms with Crippen LogP contribution in [0.5, 0.6) is 0 Å². The van der Waals surface area contributed by atoms with Gasteiger partial charge in [0, 0.05) is 19.1 Å². The van der Waals surface area contributed by atoms with E-state index in [1.165, 1.54) is 0 Å². The summed E-state index contributed by atoms with van der Waals surface area (Å²) in [6.07, 6.45) is 0.788. The number of nitrogens with zero attached hydrogens (tertiary/aromatic N) is 1.